The minimum absolute atomic E-state index is 0.0161. The summed E-state index contributed by atoms with van der Waals surface area (Å²) in [4.78, 5) is 9.24. The molecule has 3 rings (SSSR count). The molecule has 1 aromatic carbocycles. The highest BCUT2D eigenvalue weighted by atomic mass is 32.2. The van der Waals surface area contributed by atoms with Crippen molar-refractivity contribution in [2.75, 3.05) is 6.26 Å². The first-order valence-corrected chi connectivity index (χ1v) is 9.17. The SMILES string of the molecule is CSc1ccc([C@@H](C)[C@@](O)(Cn2cncn2)c2ccc(F)cc2F)nc1. The number of pyridine rings is 1. The second-order valence-electron chi connectivity index (χ2n) is 5.99. The van der Waals surface area contributed by atoms with Gasteiger partial charge in [-0.15, -0.1) is 11.8 Å². The number of nitrogens with zero attached hydrogens (tertiary/aromatic N) is 4. The zero-order valence-corrected chi connectivity index (χ0v) is 15.1. The molecule has 2 atom stereocenters. The number of hydrogen-bond donors (Lipinski definition) is 1. The largest absolute Gasteiger partial charge is 0.382 e. The fourth-order valence-electron chi connectivity index (χ4n) is 2.87. The van der Waals surface area contributed by atoms with E-state index in [9.17, 15) is 13.9 Å². The van der Waals surface area contributed by atoms with Crippen LogP contribution in [0, 0.1) is 11.6 Å². The molecular weight excluding hydrogens is 358 g/mol. The molecule has 0 amide bonds. The van der Waals surface area contributed by atoms with Crippen LogP contribution in [0.15, 0.2) is 54.1 Å². The average molecular weight is 376 g/mol. The molecule has 0 unspecified atom stereocenters. The van der Waals surface area contributed by atoms with Crippen molar-refractivity contribution in [3.63, 3.8) is 0 Å². The van der Waals surface area contributed by atoms with Crippen LogP contribution in [0.1, 0.15) is 24.1 Å². The van der Waals surface area contributed by atoms with Gasteiger partial charge < -0.3 is 5.11 Å². The van der Waals surface area contributed by atoms with Crippen molar-refractivity contribution in [3.8, 4) is 0 Å². The standard InChI is InChI=1S/C18H18F2N4OS/c1-12(17-6-4-14(26-2)8-22-17)18(25,9-24-11-21-10-23-24)15-5-3-13(19)7-16(15)20/h3-8,10-12,25H,9H2,1-2H3/t12-,18+/m1/s1. The lowest BCUT2D eigenvalue weighted by atomic mass is 9.79. The van der Waals surface area contributed by atoms with E-state index in [1.807, 2.05) is 12.3 Å². The van der Waals surface area contributed by atoms with Crippen molar-refractivity contribution >= 4 is 11.8 Å². The molecule has 3 aromatic rings. The van der Waals surface area contributed by atoms with Crippen LogP contribution < -0.4 is 0 Å². The Bertz CT molecular complexity index is 873. The second kappa shape index (κ2) is 7.51. The smallest absolute Gasteiger partial charge is 0.137 e. The molecule has 8 heteroatoms. The number of halogens is 2. The molecule has 2 heterocycles. The Morgan fingerprint density at radius 2 is 2.08 bits per heavy atom. The lowest BCUT2D eigenvalue weighted by molar-refractivity contribution is -0.0123. The van der Waals surface area contributed by atoms with Crippen LogP contribution in [-0.4, -0.2) is 31.1 Å². The minimum atomic E-state index is -1.70. The lowest BCUT2D eigenvalue weighted by Gasteiger charge is -2.34. The molecule has 0 aliphatic heterocycles. The molecule has 0 bridgehead atoms. The van der Waals surface area contributed by atoms with E-state index in [0.717, 1.165) is 17.0 Å². The third-order valence-corrected chi connectivity index (χ3v) is 5.13. The number of rotatable bonds is 6. The molecular formula is C18H18F2N4OS. The highest BCUT2D eigenvalue weighted by Crippen LogP contribution is 2.39. The fourth-order valence-corrected chi connectivity index (χ4v) is 3.23. The summed E-state index contributed by atoms with van der Waals surface area (Å²) in [6.45, 7) is 1.70. The lowest BCUT2D eigenvalue weighted by Crippen LogP contribution is -2.38. The number of hydrogen-bond acceptors (Lipinski definition) is 5. The van der Waals surface area contributed by atoms with Gasteiger partial charge in [-0.05, 0) is 24.5 Å². The van der Waals surface area contributed by atoms with Gasteiger partial charge in [-0.1, -0.05) is 13.0 Å². The van der Waals surface area contributed by atoms with Gasteiger partial charge >= 0.3 is 0 Å². The van der Waals surface area contributed by atoms with E-state index in [4.69, 9.17) is 0 Å². The van der Waals surface area contributed by atoms with Crippen LogP contribution in [0.2, 0.25) is 0 Å². The molecule has 0 saturated carbocycles. The first-order chi connectivity index (χ1) is 12.4. The number of aromatic nitrogens is 4. The molecule has 26 heavy (non-hydrogen) atoms. The van der Waals surface area contributed by atoms with Gasteiger partial charge in [0.25, 0.3) is 0 Å². The van der Waals surface area contributed by atoms with E-state index >= 15 is 0 Å². The summed E-state index contributed by atoms with van der Waals surface area (Å²) >= 11 is 1.55. The normalized spacial score (nSPS) is 14.8. The van der Waals surface area contributed by atoms with E-state index in [1.165, 1.54) is 23.4 Å². The monoisotopic (exact) mass is 376 g/mol. The van der Waals surface area contributed by atoms with Gasteiger partial charge in [0.1, 0.15) is 29.9 Å². The highest BCUT2D eigenvalue weighted by molar-refractivity contribution is 7.98. The van der Waals surface area contributed by atoms with Crippen molar-refractivity contribution in [2.24, 2.45) is 0 Å². The quantitative estimate of drug-likeness (QED) is 0.669. The van der Waals surface area contributed by atoms with E-state index < -0.39 is 23.2 Å². The summed E-state index contributed by atoms with van der Waals surface area (Å²) in [5.74, 6) is -2.10. The molecule has 2 aromatic heterocycles. The molecule has 0 fully saturated rings. The summed E-state index contributed by atoms with van der Waals surface area (Å²) in [5.41, 5.74) is -1.12. The van der Waals surface area contributed by atoms with E-state index in [0.29, 0.717) is 5.69 Å². The summed E-state index contributed by atoms with van der Waals surface area (Å²) in [7, 11) is 0. The summed E-state index contributed by atoms with van der Waals surface area (Å²) < 4.78 is 29.3. The van der Waals surface area contributed by atoms with Crippen LogP contribution in [-0.2, 0) is 12.1 Å². The molecule has 0 saturated heterocycles. The van der Waals surface area contributed by atoms with Crippen LogP contribution in [0.4, 0.5) is 8.78 Å². The van der Waals surface area contributed by atoms with Gasteiger partial charge in [0, 0.05) is 34.3 Å². The Balaban J connectivity index is 2.06. The van der Waals surface area contributed by atoms with Gasteiger partial charge in [-0.3, -0.25) is 4.98 Å². The summed E-state index contributed by atoms with van der Waals surface area (Å²) in [6.07, 6.45) is 6.41. The molecule has 5 nitrogen and oxygen atoms in total. The zero-order valence-electron chi connectivity index (χ0n) is 14.3. The fraction of sp³-hybridized carbons (Fsp3) is 0.278. The van der Waals surface area contributed by atoms with E-state index in [2.05, 4.69) is 15.1 Å². The summed E-state index contributed by atoms with van der Waals surface area (Å²) in [6, 6.07) is 6.83. The molecule has 0 aliphatic carbocycles. The number of thioether (sulfide) groups is 1. The third-order valence-electron chi connectivity index (χ3n) is 4.42. The predicted molar refractivity (Wildman–Crippen MR) is 94.7 cm³/mol. The molecule has 0 radical (unpaired) electrons. The Morgan fingerprint density at radius 3 is 2.65 bits per heavy atom. The first kappa shape index (κ1) is 18.5. The van der Waals surface area contributed by atoms with E-state index in [1.54, 1.807) is 30.9 Å². The minimum Gasteiger partial charge on any atom is -0.382 e. The number of aliphatic hydroxyl groups is 1. The molecule has 136 valence electrons. The highest BCUT2D eigenvalue weighted by Gasteiger charge is 2.40. The third kappa shape index (κ3) is 3.61. The van der Waals surface area contributed by atoms with Gasteiger partial charge in [-0.25, -0.2) is 18.4 Å². The van der Waals surface area contributed by atoms with Crippen molar-refractivity contribution < 1.29 is 13.9 Å². The van der Waals surface area contributed by atoms with Crippen LogP contribution in [0.3, 0.4) is 0 Å². The van der Waals surface area contributed by atoms with Crippen LogP contribution >= 0.6 is 11.8 Å². The summed E-state index contributed by atoms with van der Waals surface area (Å²) in [5, 5.41) is 15.5. The molecule has 0 spiro atoms. The Morgan fingerprint density at radius 1 is 1.27 bits per heavy atom. The number of benzene rings is 1. The van der Waals surface area contributed by atoms with Gasteiger partial charge in [0.2, 0.25) is 0 Å². The Labute approximate surface area is 154 Å². The maximum absolute atomic E-state index is 14.5. The van der Waals surface area contributed by atoms with Crippen molar-refractivity contribution in [1.82, 2.24) is 19.7 Å². The van der Waals surface area contributed by atoms with Crippen molar-refractivity contribution in [2.45, 2.75) is 29.9 Å². The first-order valence-electron chi connectivity index (χ1n) is 7.94. The average Bonchev–Trinajstić information content (AvgIpc) is 3.13. The zero-order chi connectivity index (χ0) is 18.7. The maximum atomic E-state index is 14.5. The van der Waals surface area contributed by atoms with Gasteiger partial charge in [0.05, 0.1) is 6.54 Å². The molecule has 1 N–H and O–H groups in total. The Kier molecular flexibility index (Phi) is 5.33. The van der Waals surface area contributed by atoms with Crippen LogP contribution in [0.5, 0.6) is 0 Å². The van der Waals surface area contributed by atoms with E-state index in [-0.39, 0.29) is 12.1 Å². The van der Waals surface area contributed by atoms with Crippen molar-refractivity contribution in [3.05, 3.63) is 72.1 Å². The predicted octanol–water partition coefficient (Wildman–Crippen LogP) is 3.36. The topological polar surface area (TPSA) is 63.8 Å². The van der Waals surface area contributed by atoms with Crippen molar-refractivity contribution in [1.29, 1.82) is 0 Å². The van der Waals surface area contributed by atoms with Gasteiger partial charge in [0.15, 0.2) is 0 Å². The molecule has 0 aliphatic rings. The van der Waals surface area contributed by atoms with Crippen LogP contribution in [0.25, 0.3) is 0 Å². The Hall–Kier alpha value is -2.32. The maximum Gasteiger partial charge on any atom is 0.137 e. The second-order valence-corrected chi connectivity index (χ2v) is 6.87. The van der Waals surface area contributed by atoms with Gasteiger partial charge in [-0.2, -0.15) is 5.10 Å².